The Morgan fingerprint density at radius 2 is 1.95 bits per heavy atom. The summed E-state index contributed by atoms with van der Waals surface area (Å²) in [5.41, 5.74) is 6.33. The quantitative estimate of drug-likeness (QED) is 0.800. The zero-order valence-corrected chi connectivity index (χ0v) is 11.5. The Labute approximate surface area is 118 Å². The van der Waals surface area contributed by atoms with Crippen LogP contribution in [-0.4, -0.2) is 16.8 Å². The molecule has 0 saturated heterocycles. The third-order valence-corrected chi connectivity index (χ3v) is 3.04. The fourth-order valence-corrected chi connectivity index (χ4v) is 2.02. The lowest BCUT2D eigenvalue weighted by molar-refractivity contribution is -0.120. The number of carbonyl (C=O) groups excluding carboxylic acids is 2. The third kappa shape index (κ3) is 3.23. The van der Waals surface area contributed by atoms with Crippen LogP contribution in [0.5, 0.6) is 0 Å². The molecule has 0 spiro atoms. The highest BCUT2D eigenvalue weighted by Gasteiger charge is 2.21. The van der Waals surface area contributed by atoms with Crippen LogP contribution in [0.2, 0.25) is 0 Å². The van der Waals surface area contributed by atoms with Crippen molar-refractivity contribution in [3.63, 3.8) is 0 Å². The number of hydrogen-bond donors (Lipinski definition) is 3. The number of aromatic nitrogens is 1. The highest BCUT2D eigenvalue weighted by molar-refractivity contribution is 9.10. The highest BCUT2D eigenvalue weighted by atomic mass is 79.9. The second kappa shape index (κ2) is 5.71. The van der Waals surface area contributed by atoms with E-state index in [0.717, 1.165) is 4.47 Å². The molecular weight excluding hydrogens is 310 g/mol. The van der Waals surface area contributed by atoms with E-state index in [1.807, 2.05) is 6.07 Å². The Morgan fingerprint density at radius 3 is 2.47 bits per heavy atom. The molecule has 1 unspecified atom stereocenters. The fraction of sp³-hybridized carbons (Fsp3) is 0.0769. The van der Waals surface area contributed by atoms with Gasteiger partial charge in [0.05, 0.1) is 0 Å². The molecule has 1 heterocycles. The maximum Gasteiger partial charge on any atom is 0.268 e. The van der Waals surface area contributed by atoms with E-state index in [2.05, 4.69) is 26.2 Å². The summed E-state index contributed by atoms with van der Waals surface area (Å²) in [5.74, 6) is -0.997. The molecule has 0 aliphatic heterocycles. The Balaban J connectivity index is 2.18. The smallest absolute Gasteiger partial charge is 0.268 e. The van der Waals surface area contributed by atoms with Crippen molar-refractivity contribution in [1.82, 2.24) is 10.3 Å². The molecule has 0 aliphatic carbocycles. The van der Waals surface area contributed by atoms with Gasteiger partial charge in [-0.25, -0.2) is 0 Å². The first kappa shape index (κ1) is 13.4. The average molecular weight is 322 g/mol. The number of hydrogen-bond acceptors (Lipinski definition) is 2. The van der Waals surface area contributed by atoms with Gasteiger partial charge in [-0.05, 0) is 27.6 Å². The van der Waals surface area contributed by atoms with Crippen LogP contribution >= 0.6 is 15.9 Å². The number of amides is 2. The summed E-state index contributed by atoms with van der Waals surface area (Å²) in [7, 11) is 0. The SMILES string of the molecule is NC(=O)C(NC(=O)c1cc(Br)c[nH]1)c1ccccc1. The van der Waals surface area contributed by atoms with Gasteiger partial charge in [0.15, 0.2) is 0 Å². The van der Waals surface area contributed by atoms with Crippen LogP contribution in [-0.2, 0) is 4.79 Å². The molecule has 0 fully saturated rings. The summed E-state index contributed by atoms with van der Waals surface area (Å²) in [6.45, 7) is 0. The number of primary amides is 1. The largest absolute Gasteiger partial charge is 0.368 e. The summed E-state index contributed by atoms with van der Waals surface area (Å²) in [6.07, 6.45) is 1.64. The molecule has 4 N–H and O–H groups in total. The molecule has 98 valence electrons. The third-order valence-electron chi connectivity index (χ3n) is 2.59. The van der Waals surface area contributed by atoms with E-state index < -0.39 is 17.9 Å². The Kier molecular flexibility index (Phi) is 4.01. The van der Waals surface area contributed by atoms with Gasteiger partial charge < -0.3 is 16.0 Å². The van der Waals surface area contributed by atoms with E-state index >= 15 is 0 Å². The molecule has 0 bridgehead atoms. The topological polar surface area (TPSA) is 88.0 Å². The van der Waals surface area contributed by atoms with Crippen molar-refractivity contribution in [3.8, 4) is 0 Å². The van der Waals surface area contributed by atoms with Crippen LogP contribution in [0.4, 0.5) is 0 Å². The first-order valence-electron chi connectivity index (χ1n) is 5.57. The lowest BCUT2D eigenvalue weighted by atomic mass is 10.1. The van der Waals surface area contributed by atoms with Crippen molar-refractivity contribution in [2.75, 3.05) is 0 Å². The normalized spacial score (nSPS) is 11.8. The van der Waals surface area contributed by atoms with E-state index in [1.165, 1.54) is 0 Å². The van der Waals surface area contributed by atoms with Crippen molar-refractivity contribution in [3.05, 3.63) is 58.3 Å². The van der Waals surface area contributed by atoms with Crippen molar-refractivity contribution in [2.24, 2.45) is 5.73 Å². The molecule has 0 aliphatic rings. The molecule has 2 aromatic rings. The van der Waals surface area contributed by atoms with E-state index in [1.54, 1.807) is 36.5 Å². The summed E-state index contributed by atoms with van der Waals surface area (Å²) in [5, 5.41) is 2.60. The van der Waals surface area contributed by atoms with Crippen LogP contribution in [0.15, 0.2) is 47.1 Å². The van der Waals surface area contributed by atoms with Crippen LogP contribution in [0.25, 0.3) is 0 Å². The minimum Gasteiger partial charge on any atom is -0.368 e. The lowest BCUT2D eigenvalue weighted by Gasteiger charge is -2.15. The predicted molar refractivity (Wildman–Crippen MR) is 74.3 cm³/mol. The van der Waals surface area contributed by atoms with Gasteiger partial charge in [0.25, 0.3) is 5.91 Å². The van der Waals surface area contributed by atoms with Crippen LogP contribution in [0, 0.1) is 0 Å². The van der Waals surface area contributed by atoms with Gasteiger partial charge in [-0.2, -0.15) is 0 Å². The van der Waals surface area contributed by atoms with Gasteiger partial charge in [0.2, 0.25) is 5.91 Å². The average Bonchev–Trinajstić information content (AvgIpc) is 2.83. The first-order valence-corrected chi connectivity index (χ1v) is 6.36. The molecule has 5 nitrogen and oxygen atoms in total. The van der Waals surface area contributed by atoms with E-state index in [0.29, 0.717) is 11.3 Å². The van der Waals surface area contributed by atoms with Gasteiger partial charge in [0, 0.05) is 10.7 Å². The fourth-order valence-electron chi connectivity index (χ4n) is 1.67. The Morgan fingerprint density at radius 1 is 1.26 bits per heavy atom. The number of nitrogens with one attached hydrogen (secondary N) is 2. The minimum atomic E-state index is -0.851. The van der Waals surface area contributed by atoms with Crippen molar-refractivity contribution in [1.29, 1.82) is 0 Å². The number of H-pyrrole nitrogens is 1. The predicted octanol–water partition coefficient (Wildman–Crippen LogP) is 1.73. The summed E-state index contributed by atoms with van der Waals surface area (Å²) >= 11 is 3.24. The number of carbonyl (C=O) groups is 2. The molecule has 1 atom stereocenters. The maximum atomic E-state index is 12.0. The molecule has 2 amide bonds. The summed E-state index contributed by atoms with van der Waals surface area (Å²) in [6, 6.07) is 9.63. The summed E-state index contributed by atoms with van der Waals surface area (Å²) < 4.78 is 0.757. The van der Waals surface area contributed by atoms with Crippen molar-refractivity contribution < 1.29 is 9.59 Å². The zero-order chi connectivity index (χ0) is 13.8. The molecule has 19 heavy (non-hydrogen) atoms. The molecule has 0 radical (unpaired) electrons. The summed E-state index contributed by atoms with van der Waals surface area (Å²) in [4.78, 5) is 26.2. The monoisotopic (exact) mass is 321 g/mol. The molecule has 1 aromatic heterocycles. The van der Waals surface area contributed by atoms with Crippen LogP contribution in [0.3, 0.4) is 0 Å². The van der Waals surface area contributed by atoms with E-state index in [9.17, 15) is 9.59 Å². The lowest BCUT2D eigenvalue weighted by Crippen LogP contribution is -2.37. The Hall–Kier alpha value is -2.08. The molecule has 6 heteroatoms. The van der Waals surface area contributed by atoms with Gasteiger partial charge in [-0.15, -0.1) is 0 Å². The molecule has 1 aromatic carbocycles. The van der Waals surface area contributed by atoms with Gasteiger partial charge in [-0.3, -0.25) is 9.59 Å². The zero-order valence-electron chi connectivity index (χ0n) is 9.89. The first-order chi connectivity index (χ1) is 9.08. The highest BCUT2D eigenvalue weighted by Crippen LogP contribution is 2.14. The van der Waals surface area contributed by atoms with Crippen LogP contribution < -0.4 is 11.1 Å². The van der Waals surface area contributed by atoms with E-state index in [4.69, 9.17) is 5.73 Å². The number of halogens is 1. The van der Waals surface area contributed by atoms with Crippen LogP contribution in [0.1, 0.15) is 22.1 Å². The number of rotatable bonds is 4. The van der Waals surface area contributed by atoms with Crippen molar-refractivity contribution >= 4 is 27.7 Å². The van der Waals surface area contributed by atoms with Gasteiger partial charge in [0.1, 0.15) is 11.7 Å². The second-order valence-corrected chi connectivity index (χ2v) is 4.87. The maximum absolute atomic E-state index is 12.0. The second-order valence-electron chi connectivity index (χ2n) is 3.95. The van der Waals surface area contributed by atoms with E-state index in [-0.39, 0.29) is 0 Å². The standard InChI is InChI=1S/C13H12BrN3O2/c14-9-6-10(16-7-9)13(19)17-11(12(15)18)8-4-2-1-3-5-8/h1-7,11,16H,(H2,15,18)(H,17,19). The number of aromatic amines is 1. The number of benzene rings is 1. The molecule has 0 saturated carbocycles. The molecular formula is C13H12BrN3O2. The Bertz CT molecular complexity index is 595. The van der Waals surface area contributed by atoms with Gasteiger partial charge in [-0.1, -0.05) is 30.3 Å². The van der Waals surface area contributed by atoms with Gasteiger partial charge >= 0.3 is 0 Å². The molecule has 2 rings (SSSR count). The van der Waals surface area contributed by atoms with Crippen molar-refractivity contribution in [2.45, 2.75) is 6.04 Å². The number of nitrogens with two attached hydrogens (primary N) is 1. The minimum absolute atomic E-state index is 0.356.